The summed E-state index contributed by atoms with van der Waals surface area (Å²) in [6, 6.07) is 9.82. The lowest BCUT2D eigenvalue weighted by atomic mass is 9.99. The smallest absolute Gasteiger partial charge is 0.227 e. The fraction of sp³-hybridized carbons (Fsp3) is 0.412. The Morgan fingerprint density at radius 1 is 1.05 bits per heavy atom. The second kappa shape index (κ2) is 6.57. The standard InChI is InChI=1S/C17H21N3O/c21-17(14-5-3-1-2-4-6-14)19-15-9-7-13(8-10-15)16-11-12-18-20-16/h7-12,14H,1-6H2,(H,18,20)(H,19,21). The summed E-state index contributed by atoms with van der Waals surface area (Å²) in [7, 11) is 0. The Morgan fingerprint density at radius 3 is 2.38 bits per heavy atom. The van der Waals surface area contributed by atoms with E-state index in [0.29, 0.717) is 0 Å². The molecule has 0 atom stereocenters. The number of anilines is 1. The zero-order valence-corrected chi connectivity index (χ0v) is 12.1. The van der Waals surface area contributed by atoms with E-state index in [0.717, 1.165) is 29.8 Å². The van der Waals surface area contributed by atoms with E-state index >= 15 is 0 Å². The second-order valence-electron chi connectivity index (χ2n) is 5.73. The predicted octanol–water partition coefficient (Wildman–Crippen LogP) is 3.99. The van der Waals surface area contributed by atoms with E-state index in [2.05, 4.69) is 15.5 Å². The van der Waals surface area contributed by atoms with Crippen molar-refractivity contribution in [1.29, 1.82) is 0 Å². The van der Waals surface area contributed by atoms with E-state index in [1.54, 1.807) is 6.20 Å². The number of hydrogen-bond acceptors (Lipinski definition) is 2. The molecule has 1 aromatic heterocycles. The van der Waals surface area contributed by atoms with Crippen molar-refractivity contribution in [1.82, 2.24) is 10.2 Å². The number of nitrogens with zero attached hydrogens (tertiary/aromatic N) is 1. The number of carbonyl (C=O) groups excluding carboxylic acids is 1. The molecule has 0 radical (unpaired) electrons. The Bertz CT molecular complexity index is 567. The topological polar surface area (TPSA) is 57.8 Å². The summed E-state index contributed by atoms with van der Waals surface area (Å²) >= 11 is 0. The van der Waals surface area contributed by atoms with Crippen molar-refractivity contribution >= 4 is 11.6 Å². The van der Waals surface area contributed by atoms with Crippen LogP contribution < -0.4 is 5.32 Å². The first kappa shape index (κ1) is 13.9. The van der Waals surface area contributed by atoms with Gasteiger partial charge in [-0.15, -0.1) is 0 Å². The molecule has 21 heavy (non-hydrogen) atoms. The molecule has 1 aliphatic carbocycles. The Morgan fingerprint density at radius 2 is 1.76 bits per heavy atom. The predicted molar refractivity (Wildman–Crippen MR) is 83.8 cm³/mol. The molecule has 0 spiro atoms. The number of aromatic amines is 1. The summed E-state index contributed by atoms with van der Waals surface area (Å²) in [6.07, 6.45) is 8.67. The highest BCUT2D eigenvalue weighted by Gasteiger charge is 2.19. The Kier molecular flexibility index (Phi) is 4.34. The van der Waals surface area contributed by atoms with Gasteiger partial charge in [0, 0.05) is 17.8 Å². The lowest BCUT2D eigenvalue weighted by Crippen LogP contribution is -2.22. The summed E-state index contributed by atoms with van der Waals surface area (Å²) in [5.41, 5.74) is 2.92. The van der Waals surface area contributed by atoms with Gasteiger partial charge in [0.25, 0.3) is 0 Å². The zero-order chi connectivity index (χ0) is 14.5. The lowest BCUT2D eigenvalue weighted by Gasteiger charge is -2.14. The minimum absolute atomic E-state index is 0.172. The van der Waals surface area contributed by atoms with E-state index in [1.807, 2.05) is 30.3 Å². The van der Waals surface area contributed by atoms with Gasteiger partial charge < -0.3 is 5.32 Å². The molecule has 1 aliphatic rings. The molecular formula is C17H21N3O. The first-order valence-electron chi connectivity index (χ1n) is 7.73. The van der Waals surface area contributed by atoms with Crippen molar-refractivity contribution in [2.45, 2.75) is 38.5 Å². The van der Waals surface area contributed by atoms with Crippen LogP contribution in [0.1, 0.15) is 38.5 Å². The SMILES string of the molecule is O=C(Nc1ccc(-c2ccn[nH]2)cc1)C1CCCCCC1. The van der Waals surface area contributed by atoms with E-state index < -0.39 is 0 Å². The van der Waals surface area contributed by atoms with Crippen LogP contribution in [0, 0.1) is 5.92 Å². The van der Waals surface area contributed by atoms with E-state index in [9.17, 15) is 4.79 Å². The molecular weight excluding hydrogens is 262 g/mol. The van der Waals surface area contributed by atoms with Gasteiger partial charge >= 0.3 is 0 Å². The number of hydrogen-bond donors (Lipinski definition) is 2. The van der Waals surface area contributed by atoms with Crippen molar-refractivity contribution in [3.63, 3.8) is 0 Å². The molecule has 2 aromatic rings. The average Bonchev–Trinajstić information content (AvgIpc) is 2.90. The van der Waals surface area contributed by atoms with E-state index in [4.69, 9.17) is 0 Å². The molecule has 4 heteroatoms. The summed E-state index contributed by atoms with van der Waals surface area (Å²) < 4.78 is 0. The molecule has 0 saturated heterocycles. The fourth-order valence-electron chi connectivity index (χ4n) is 2.94. The number of benzene rings is 1. The first-order chi connectivity index (χ1) is 10.3. The van der Waals surface area contributed by atoms with E-state index in [1.165, 1.54) is 25.7 Å². The maximum Gasteiger partial charge on any atom is 0.227 e. The molecule has 1 heterocycles. The lowest BCUT2D eigenvalue weighted by molar-refractivity contribution is -0.120. The van der Waals surface area contributed by atoms with Crippen LogP contribution in [-0.4, -0.2) is 16.1 Å². The van der Waals surface area contributed by atoms with Crippen molar-refractivity contribution in [3.05, 3.63) is 36.5 Å². The zero-order valence-electron chi connectivity index (χ0n) is 12.1. The molecule has 2 N–H and O–H groups in total. The van der Waals surface area contributed by atoms with E-state index in [-0.39, 0.29) is 11.8 Å². The minimum atomic E-state index is 0.172. The van der Waals surface area contributed by atoms with Gasteiger partial charge in [0.15, 0.2) is 0 Å². The van der Waals surface area contributed by atoms with Crippen LogP contribution in [0.3, 0.4) is 0 Å². The normalized spacial score (nSPS) is 16.4. The largest absolute Gasteiger partial charge is 0.326 e. The van der Waals surface area contributed by atoms with Crippen molar-refractivity contribution in [3.8, 4) is 11.3 Å². The van der Waals surface area contributed by atoms with Gasteiger partial charge in [0.2, 0.25) is 5.91 Å². The highest BCUT2D eigenvalue weighted by Crippen LogP contribution is 2.25. The first-order valence-corrected chi connectivity index (χ1v) is 7.73. The molecule has 0 aliphatic heterocycles. The van der Waals surface area contributed by atoms with Crippen LogP contribution in [0.4, 0.5) is 5.69 Å². The number of rotatable bonds is 3. The molecule has 1 aromatic carbocycles. The number of nitrogens with one attached hydrogen (secondary N) is 2. The van der Waals surface area contributed by atoms with Gasteiger partial charge in [-0.2, -0.15) is 5.10 Å². The van der Waals surface area contributed by atoms with Crippen molar-refractivity contribution < 1.29 is 4.79 Å². The fourth-order valence-corrected chi connectivity index (χ4v) is 2.94. The Hall–Kier alpha value is -2.10. The molecule has 0 bridgehead atoms. The summed E-state index contributed by atoms with van der Waals surface area (Å²) in [4.78, 5) is 12.3. The van der Waals surface area contributed by atoms with Crippen LogP contribution in [0.2, 0.25) is 0 Å². The third-order valence-corrected chi connectivity index (χ3v) is 4.19. The number of aromatic nitrogens is 2. The maximum atomic E-state index is 12.3. The van der Waals surface area contributed by atoms with Gasteiger partial charge in [0.05, 0.1) is 5.69 Å². The molecule has 3 rings (SSSR count). The van der Waals surface area contributed by atoms with Gasteiger partial charge in [0.1, 0.15) is 0 Å². The minimum Gasteiger partial charge on any atom is -0.326 e. The molecule has 1 saturated carbocycles. The summed E-state index contributed by atoms with van der Waals surface area (Å²) in [5.74, 6) is 0.353. The summed E-state index contributed by atoms with van der Waals surface area (Å²) in [5, 5.41) is 9.93. The molecule has 1 amide bonds. The van der Waals surface area contributed by atoms with Gasteiger partial charge in [-0.25, -0.2) is 0 Å². The van der Waals surface area contributed by atoms with Crippen LogP contribution in [0.5, 0.6) is 0 Å². The Labute approximate surface area is 125 Å². The molecule has 110 valence electrons. The van der Waals surface area contributed by atoms with Crippen LogP contribution in [0.15, 0.2) is 36.5 Å². The highest BCUT2D eigenvalue weighted by molar-refractivity contribution is 5.92. The van der Waals surface area contributed by atoms with Crippen LogP contribution >= 0.6 is 0 Å². The third-order valence-electron chi connectivity index (χ3n) is 4.19. The van der Waals surface area contributed by atoms with Crippen molar-refractivity contribution in [2.24, 2.45) is 5.92 Å². The van der Waals surface area contributed by atoms with Crippen LogP contribution in [0.25, 0.3) is 11.3 Å². The third kappa shape index (κ3) is 3.51. The van der Waals surface area contributed by atoms with Gasteiger partial charge in [-0.3, -0.25) is 9.89 Å². The summed E-state index contributed by atoms with van der Waals surface area (Å²) in [6.45, 7) is 0. The quantitative estimate of drug-likeness (QED) is 0.837. The molecule has 4 nitrogen and oxygen atoms in total. The highest BCUT2D eigenvalue weighted by atomic mass is 16.1. The van der Waals surface area contributed by atoms with Crippen molar-refractivity contribution in [2.75, 3.05) is 5.32 Å². The Balaban J connectivity index is 1.63. The van der Waals surface area contributed by atoms with Gasteiger partial charge in [-0.1, -0.05) is 37.8 Å². The number of H-pyrrole nitrogens is 1. The number of carbonyl (C=O) groups is 1. The monoisotopic (exact) mass is 283 g/mol. The molecule has 0 unspecified atom stereocenters. The second-order valence-corrected chi connectivity index (χ2v) is 5.73. The number of amides is 1. The van der Waals surface area contributed by atoms with Crippen LogP contribution in [-0.2, 0) is 4.79 Å². The molecule has 1 fully saturated rings. The maximum absolute atomic E-state index is 12.3. The van der Waals surface area contributed by atoms with Gasteiger partial charge in [-0.05, 0) is 36.6 Å². The average molecular weight is 283 g/mol.